The van der Waals surface area contributed by atoms with E-state index in [1.165, 1.54) is 83.9 Å². The van der Waals surface area contributed by atoms with E-state index < -0.39 is 10.8 Å². The van der Waals surface area contributed by atoms with Gasteiger partial charge in [-0.15, -0.1) is 0 Å². The molecule has 0 N–H and O–H groups in total. The zero-order valence-corrected chi connectivity index (χ0v) is 36.9. The third kappa shape index (κ3) is 5.28. The molecule has 0 bridgehead atoms. The van der Waals surface area contributed by atoms with Gasteiger partial charge in [0.05, 0.1) is 33.6 Å². The van der Waals surface area contributed by atoms with Gasteiger partial charge in [-0.3, -0.25) is 4.98 Å². The van der Waals surface area contributed by atoms with Crippen molar-refractivity contribution in [3.05, 3.63) is 292 Å². The average molecular weight is 844 g/mol. The number of nitrogens with zero attached hydrogens (tertiary/aromatic N) is 3. The zero-order chi connectivity index (χ0) is 44.0. The largest absolute Gasteiger partial charge is 0.310 e. The highest BCUT2D eigenvalue weighted by Gasteiger charge is 2.59. The molecule has 1 aliphatic carbocycles. The Labute approximate surface area is 386 Å². The van der Waals surface area contributed by atoms with Crippen LogP contribution in [0.5, 0.6) is 0 Å². The minimum absolute atomic E-state index is 0.633. The van der Waals surface area contributed by atoms with Gasteiger partial charge in [0.2, 0.25) is 0 Å². The number of para-hydroxylation sites is 3. The number of aromatic nitrogens is 1. The van der Waals surface area contributed by atoms with Gasteiger partial charge in [-0.1, -0.05) is 169 Å². The summed E-state index contributed by atoms with van der Waals surface area (Å²) in [5, 5.41) is 0. The van der Waals surface area contributed by atoms with E-state index >= 15 is 0 Å². The monoisotopic (exact) mass is 843 g/mol. The smallest absolute Gasteiger partial charge is 0.0748 e. The van der Waals surface area contributed by atoms with Gasteiger partial charge >= 0.3 is 0 Å². The van der Waals surface area contributed by atoms with E-state index in [1.54, 1.807) is 0 Å². The predicted molar refractivity (Wildman–Crippen MR) is 271 cm³/mol. The Morgan fingerprint density at radius 2 is 0.667 bits per heavy atom. The van der Waals surface area contributed by atoms with Crippen LogP contribution in [0.2, 0.25) is 0 Å². The fraction of sp³-hybridized carbons (Fsp3) is 0.0635. The Bertz CT molecular complexity index is 3310. The first-order valence-corrected chi connectivity index (χ1v) is 22.9. The third-order valence-electron chi connectivity index (χ3n) is 14.5. The van der Waals surface area contributed by atoms with Crippen LogP contribution < -0.4 is 9.80 Å². The van der Waals surface area contributed by atoms with Crippen LogP contribution in [0.25, 0.3) is 22.3 Å². The van der Waals surface area contributed by atoms with E-state index in [4.69, 9.17) is 0 Å². The maximum absolute atomic E-state index is 4.39. The van der Waals surface area contributed by atoms with Gasteiger partial charge in [0.25, 0.3) is 0 Å². The van der Waals surface area contributed by atoms with Gasteiger partial charge in [-0.25, -0.2) is 0 Å². The molecule has 10 aromatic rings. The number of aryl methyl sites for hydroxylation is 2. The maximum Gasteiger partial charge on any atom is 0.0748 e. The van der Waals surface area contributed by atoms with Crippen LogP contribution in [0.15, 0.2) is 237 Å². The number of anilines is 6. The summed E-state index contributed by atoms with van der Waals surface area (Å²) in [6.07, 6.45) is 3.77. The van der Waals surface area contributed by atoms with E-state index in [9.17, 15) is 0 Å². The lowest BCUT2D eigenvalue weighted by atomic mass is 9.49. The molecule has 312 valence electrons. The summed E-state index contributed by atoms with van der Waals surface area (Å²) in [5.41, 5.74) is 23.0. The summed E-state index contributed by atoms with van der Waals surface area (Å²) in [7, 11) is 0. The Morgan fingerprint density at radius 1 is 0.288 bits per heavy atom. The fourth-order valence-corrected chi connectivity index (χ4v) is 11.9. The molecule has 3 nitrogen and oxygen atoms in total. The van der Waals surface area contributed by atoms with Crippen molar-refractivity contribution in [1.29, 1.82) is 0 Å². The topological polar surface area (TPSA) is 19.4 Å². The molecule has 0 atom stereocenters. The summed E-state index contributed by atoms with van der Waals surface area (Å²) < 4.78 is 0. The number of pyridine rings is 1. The molecule has 13 rings (SSSR count). The molecule has 0 fully saturated rings. The van der Waals surface area contributed by atoms with E-state index in [0.29, 0.717) is 0 Å². The van der Waals surface area contributed by atoms with Gasteiger partial charge in [-0.05, 0) is 147 Å². The van der Waals surface area contributed by atoms with E-state index in [-0.39, 0.29) is 0 Å². The molecule has 3 heteroatoms. The predicted octanol–water partition coefficient (Wildman–Crippen LogP) is 15.7. The van der Waals surface area contributed by atoms with Crippen molar-refractivity contribution >= 4 is 34.1 Å². The summed E-state index contributed by atoms with van der Waals surface area (Å²) in [5.74, 6) is 0. The Balaban J connectivity index is 1.14. The molecule has 0 radical (unpaired) electrons. The lowest BCUT2D eigenvalue weighted by Gasteiger charge is -2.56. The highest BCUT2D eigenvalue weighted by atomic mass is 15.2. The average Bonchev–Trinajstić information content (AvgIpc) is 3.38. The highest BCUT2D eigenvalue weighted by molar-refractivity contribution is 5.96. The van der Waals surface area contributed by atoms with Gasteiger partial charge in [0.1, 0.15) is 0 Å². The molecule has 0 saturated heterocycles. The van der Waals surface area contributed by atoms with Crippen molar-refractivity contribution in [1.82, 2.24) is 4.98 Å². The van der Waals surface area contributed by atoms with Crippen LogP contribution in [0.4, 0.5) is 34.1 Å². The van der Waals surface area contributed by atoms with Crippen LogP contribution in [-0.2, 0) is 10.8 Å². The molecule has 0 amide bonds. The molecule has 2 spiro atoms. The van der Waals surface area contributed by atoms with Crippen LogP contribution in [0.1, 0.15) is 55.6 Å². The van der Waals surface area contributed by atoms with Crippen molar-refractivity contribution in [3.8, 4) is 22.3 Å². The first-order valence-electron chi connectivity index (χ1n) is 22.9. The van der Waals surface area contributed by atoms with E-state index in [1.807, 2.05) is 12.4 Å². The van der Waals surface area contributed by atoms with Gasteiger partial charge in [0, 0.05) is 23.8 Å². The molecular formula is C63H45N3. The number of benzene rings is 9. The summed E-state index contributed by atoms with van der Waals surface area (Å²) in [6, 6.07) is 84.2. The van der Waals surface area contributed by atoms with Crippen molar-refractivity contribution < 1.29 is 0 Å². The standard InChI is InChI=1S/C63H45N3/c1-42-29-31-60-56(37-42)63(57-38-43(2)30-32-61(57)66(60)49-40-46(44-17-5-3-6-18-44)39-47(41-49)45-33-35-64-36-34-45)52-23-11-9-21-50(52)62(51-22-10-12-24-53(51)63)54-25-13-15-27-58(54)65(48-19-7-4-8-20-48)59-28-16-14-26-55(59)62/h3-41H,1-2H3. The molecule has 3 heterocycles. The molecule has 0 unspecified atom stereocenters. The molecular weight excluding hydrogens is 799 g/mol. The second-order valence-corrected chi connectivity index (χ2v) is 18.0. The first-order chi connectivity index (χ1) is 32.6. The Hall–Kier alpha value is -8.27. The van der Waals surface area contributed by atoms with Crippen molar-refractivity contribution in [3.63, 3.8) is 0 Å². The second kappa shape index (κ2) is 14.6. The number of rotatable bonds is 4. The van der Waals surface area contributed by atoms with Crippen LogP contribution in [0.3, 0.4) is 0 Å². The van der Waals surface area contributed by atoms with Crippen LogP contribution in [-0.4, -0.2) is 4.98 Å². The normalized spacial score (nSPS) is 14.4. The lowest BCUT2D eigenvalue weighted by molar-refractivity contribution is 0.607. The summed E-state index contributed by atoms with van der Waals surface area (Å²) >= 11 is 0. The Kier molecular flexibility index (Phi) is 8.47. The molecule has 3 aliphatic rings. The third-order valence-corrected chi connectivity index (χ3v) is 14.5. The number of hydrogen-bond donors (Lipinski definition) is 0. The molecule has 1 aromatic heterocycles. The van der Waals surface area contributed by atoms with Crippen molar-refractivity contribution in [2.75, 3.05) is 9.80 Å². The van der Waals surface area contributed by atoms with Crippen molar-refractivity contribution in [2.45, 2.75) is 24.7 Å². The van der Waals surface area contributed by atoms with E-state index in [2.05, 4.69) is 253 Å². The molecule has 9 aromatic carbocycles. The van der Waals surface area contributed by atoms with E-state index in [0.717, 1.165) is 28.1 Å². The summed E-state index contributed by atoms with van der Waals surface area (Å²) in [4.78, 5) is 9.38. The molecule has 2 aliphatic heterocycles. The minimum Gasteiger partial charge on any atom is -0.310 e. The van der Waals surface area contributed by atoms with Gasteiger partial charge < -0.3 is 9.80 Å². The summed E-state index contributed by atoms with van der Waals surface area (Å²) in [6.45, 7) is 4.49. The lowest BCUT2D eigenvalue weighted by Crippen LogP contribution is -2.49. The van der Waals surface area contributed by atoms with Crippen LogP contribution >= 0.6 is 0 Å². The molecule has 0 saturated carbocycles. The minimum atomic E-state index is -0.678. The maximum atomic E-state index is 4.39. The number of fused-ring (bicyclic) bond motifs is 14. The zero-order valence-electron chi connectivity index (χ0n) is 36.9. The van der Waals surface area contributed by atoms with Crippen LogP contribution in [0, 0.1) is 13.8 Å². The quantitative estimate of drug-likeness (QED) is 0.176. The SMILES string of the molecule is Cc1ccc2c(c1)C1(c3cc(C)ccc3N2c2cc(-c3ccccc3)cc(-c3ccncc3)c2)c2ccccc2C2(c3ccccc3N(c3ccccc3)c3ccccc32)c2ccccc21. The van der Waals surface area contributed by atoms with Gasteiger partial charge in [-0.2, -0.15) is 0 Å². The van der Waals surface area contributed by atoms with Gasteiger partial charge in [0.15, 0.2) is 0 Å². The molecule has 66 heavy (non-hydrogen) atoms. The second-order valence-electron chi connectivity index (χ2n) is 18.0. The fourth-order valence-electron chi connectivity index (χ4n) is 11.9. The highest BCUT2D eigenvalue weighted by Crippen LogP contribution is 2.68. The van der Waals surface area contributed by atoms with Crippen molar-refractivity contribution in [2.24, 2.45) is 0 Å². The Morgan fingerprint density at radius 3 is 1.17 bits per heavy atom. The number of hydrogen-bond acceptors (Lipinski definition) is 3. The first kappa shape index (κ1) is 38.2.